The second kappa shape index (κ2) is 8.11. The van der Waals surface area contributed by atoms with Crippen molar-refractivity contribution in [3.05, 3.63) is 58.3 Å². The van der Waals surface area contributed by atoms with E-state index in [1.54, 1.807) is 6.07 Å². The first-order valence-corrected chi connectivity index (χ1v) is 8.27. The van der Waals surface area contributed by atoms with Crippen LogP contribution in [0.25, 0.3) is 0 Å². The third-order valence-electron chi connectivity index (χ3n) is 3.63. The highest BCUT2D eigenvalue weighted by Gasteiger charge is 2.12. The van der Waals surface area contributed by atoms with Crippen molar-refractivity contribution in [2.75, 3.05) is 11.9 Å². The van der Waals surface area contributed by atoms with E-state index in [0.717, 1.165) is 12.0 Å². The van der Waals surface area contributed by atoms with Crippen LogP contribution in [0, 0.1) is 5.82 Å². The third kappa shape index (κ3) is 4.79. The van der Waals surface area contributed by atoms with Crippen molar-refractivity contribution >= 4 is 27.5 Å². The van der Waals surface area contributed by atoms with Crippen LogP contribution in [0.5, 0.6) is 5.75 Å². The molecule has 1 amide bonds. The standard InChI is InChI=1S/C18H19BrFNO2/c1-3-12(2)14-6-4-5-7-17(14)23-11-18(22)21-16-9-8-13(19)10-15(16)20/h4-10,12H,3,11H2,1-2H3,(H,21,22). The van der Waals surface area contributed by atoms with Gasteiger partial charge in [0.25, 0.3) is 5.91 Å². The van der Waals surface area contributed by atoms with E-state index in [1.807, 2.05) is 24.3 Å². The Morgan fingerprint density at radius 3 is 2.74 bits per heavy atom. The van der Waals surface area contributed by atoms with Gasteiger partial charge in [0.1, 0.15) is 11.6 Å². The molecule has 0 heterocycles. The minimum absolute atomic E-state index is 0.136. The molecule has 0 saturated carbocycles. The van der Waals surface area contributed by atoms with Crippen LogP contribution >= 0.6 is 15.9 Å². The molecular formula is C18H19BrFNO2. The number of hydrogen-bond acceptors (Lipinski definition) is 2. The van der Waals surface area contributed by atoms with Crippen molar-refractivity contribution in [2.45, 2.75) is 26.2 Å². The van der Waals surface area contributed by atoms with Crippen LogP contribution in [0.3, 0.4) is 0 Å². The van der Waals surface area contributed by atoms with Gasteiger partial charge in [-0.1, -0.05) is 48.0 Å². The maximum Gasteiger partial charge on any atom is 0.262 e. The van der Waals surface area contributed by atoms with Gasteiger partial charge in [-0.2, -0.15) is 0 Å². The van der Waals surface area contributed by atoms with Gasteiger partial charge in [0.05, 0.1) is 5.69 Å². The number of halogens is 2. The first-order chi connectivity index (χ1) is 11.0. The minimum Gasteiger partial charge on any atom is -0.483 e. The van der Waals surface area contributed by atoms with Crippen LogP contribution in [0.15, 0.2) is 46.9 Å². The van der Waals surface area contributed by atoms with Crippen LogP contribution in [0.2, 0.25) is 0 Å². The van der Waals surface area contributed by atoms with Gasteiger partial charge in [0.2, 0.25) is 0 Å². The Bertz CT molecular complexity index is 690. The number of para-hydroxylation sites is 1. The number of amides is 1. The first kappa shape index (κ1) is 17.5. The van der Waals surface area contributed by atoms with Crippen LogP contribution in [-0.2, 0) is 4.79 Å². The lowest BCUT2D eigenvalue weighted by Gasteiger charge is -2.15. The summed E-state index contributed by atoms with van der Waals surface area (Å²) in [7, 11) is 0. The van der Waals surface area contributed by atoms with Gasteiger partial charge in [0, 0.05) is 4.47 Å². The van der Waals surface area contributed by atoms with Gasteiger partial charge >= 0.3 is 0 Å². The van der Waals surface area contributed by atoms with Crippen LogP contribution in [0.4, 0.5) is 10.1 Å². The average molecular weight is 380 g/mol. The predicted molar refractivity (Wildman–Crippen MR) is 93.4 cm³/mol. The van der Waals surface area contributed by atoms with Crippen LogP contribution < -0.4 is 10.1 Å². The zero-order valence-electron chi connectivity index (χ0n) is 13.1. The molecule has 0 spiro atoms. The summed E-state index contributed by atoms with van der Waals surface area (Å²) >= 11 is 3.17. The van der Waals surface area contributed by atoms with Crippen molar-refractivity contribution < 1.29 is 13.9 Å². The molecule has 0 fully saturated rings. The van der Waals surface area contributed by atoms with Crippen molar-refractivity contribution in [1.82, 2.24) is 0 Å². The lowest BCUT2D eigenvalue weighted by molar-refractivity contribution is -0.118. The topological polar surface area (TPSA) is 38.3 Å². The van der Waals surface area contributed by atoms with E-state index < -0.39 is 11.7 Å². The van der Waals surface area contributed by atoms with E-state index in [2.05, 4.69) is 35.1 Å². The molecule has 122 valence electrons. The number of anilines is 1. The SMILES string of the molecule is CCC(C)c1ccccc1OCC(=O)Nc1ccc(Br)cc1F. The van der Waals surface area contributed by atoms with Crippen molar-refractivity contribution in [3.63, 3.8) is 0 Å². The summed E-state index contributed by atoms with van der Waals surface area (Å²) in [6.45, 7) is 4.05. The van der Waals surface area contributed by atoms with Gasteiger partial charge in [-0.05, 0) is 42.2 Å². The highest BCUT2D eigenvalue weighted by Crippen LogP contribution is 2.28. The van der Waals surface area contributed by atoms with E-state index in [4.69, 9.17) is 4.74 Å². The van der Waals surface area contributed by atoms with Gasteiger partial charge in [-0.15, -0.1) is 0 Å². The fourth-order valence-corrected chi connectivity index (χ4v) is 2.49. The van der Waals surface area contributed by atoms with Crippen LogP contribution in [-0.4, -0.2) is 12.5 Å². The Hall–Kier alpha value is -1.88. The number of benzene rings is 2. The molecule has 3 nitrogen and oxygen atoms in total. The van der Waals surface area contributed by atoms with Crippen molar-refractivity contribution in [3.8, 4) is 5.75 Å². The zero-order valence-corrected chi connectivity index (χ0v) is 14.7. The van der Waals surface area contributed by atoms with Crippen LogP contribution in [0.1, 0.15) is 31.7 Å². The summed E-state index contributed by atoms with van der Waals surface area (Å²) < 4.78 is 19.9. The van der Waals surface area contributed by atoms with Crippen molar-refractivity contribution in [2.24, 2.45) is 0 Å². The van der Waals surface area contributed by atoms with Gasteiger partial charge < -0.3 is 10.1 Å². The second-order valence-corrected chi connectivity index (χ2v) is 6.22. The lowest BCUT2D eigenvalue weighted by Crippen LogP contribution is -2.21. The summed E-state index contributed by atoms with van der Waals surface area (Å²) in [4.78, 5) is 12.0. The second-order valence-electron chi connectivity index (χ2n) is 5.31. The largest absolute Gasteiger partial charge is 0.483 e. The first-order valence-electron chi connectivity index (χ1n) is 7.48. The molecule has 0 radical (unpaired) electrons. The number of carbonyl (C=O) groups excluding carboxylic acids is 1. The Morgan fingerprint density at radius 1 is 1.30 bits per heavy atom. The Balaban J connectivity index is 2.00. The molecule has 0 saturated heterocycles. The monoisotopic (exact) mass is 379 g/mol. The smallest absolute Gasteiger partial charge is 0.262 e. The summed E-state index contributed by atoms with van der Waals surface area (Å²) in [6.07, 6.45) is 0.983. The molecule has 0 aromatic heterocycles. The number of rotatable bonds is 6. The predicted octanol–water partition coefficient (Wildman–Crippen LogP) is 5.12. The third-order valence-corrected chi connectivity index (χ3v) is 4.12. The fourth-order valence-electron chi connectivity index (χ4n) is 2.16. The summed E-state index contributed by atoms with van der Waals surface area (Å²) in [5.74, 6) is 0.143. The van der Waals surface area contributed by atoms with E-state index in [9.17, 15) is 9.18 Å². The van der Waals surface area contributed by atoms with Gasteiger partial charge in [-0.25, -0.2) is 4.39 Å². The summed E-state index contributed by atoms with van der Waals surface area (Å²) in [6, 6.07) is 12.1. The molecule has 1 unspecified atom stereocenters. The molecule has 1 atom stereocenters. The Morgan fingerprint density at radius 2 is 2.04 bits per heavy atom. The summed E-state index contributed by atoms with van der Waals surface area (Å²) in [5.41, 5.74) is 1.20. The molecule has 0 aliphatic heterocycles. The Kier molecular flexibility index (Phi) is 6.16. The minimum atomic E-state index is -0.493. The normalized spacial score (nSPS) is 11.8. The average Bonchev–Trinajstić information content (AvgIpc) is 2.55. The van der Waals surface area contributed by atoms with Gasteiger partial charge in [0.15, 0.2) is 6.61 Å². The lowest BCUT2D eigenvalue weighted by atomic mass is 9.98. The van der Waals surface area contributed by atoms with E-state index in [0.29, 0.717) is 16.1 Å². The fraction of sp³-hybridized carbons (Fsp3) is 0.278. The molecule has 23 heavy (non-hydrogen) atoms. The molecule has 2 rings (SSSR count). The number of hydrogen-bond donors (Lipinski definition) is 1. The molecule has 2 aromatic rings. The number of carbonyl (C=O) groups is 1. The van der Waals surface area contributed by atoms with E-state index >= 15 is 0 Å². The molecule has 5 heteroatoms. The molecule has 0 aliphatic rings. The zero-order chi connectivity index (χ0) is 16.8. The highest BCUT2D eigenvalue weighted by atomic mass is 79.9. The maximum atomic E-state index is 13.7. The number of nitrogens with one attached hydrogen (secondary N) is 1. The quantitative estimate of drug-likeness (QED) is 0.756. The van der Waals surface area contributed by atoms with Crippen molar-refractivity contribution in [1.29, 1.82) is 0 Å². The molecular weight excluding hydrogens is 361 g/mol. The Labute approximate surface area is 144 Å². The molecule has 0 aliphatic carbocycles. The van der Waals surface area contributed by atoms with E-state index in [1.165, 1.54) is 12.1 Å². The highest BCUT2D eigenvalue weighted by molar-refractivity contribution is 9.10. The number of ether oxygens (including phenoxy) is 1. The van der Waals surface area contributed by atoms with Gasteiger partial charge in [-0.3, -0.25) is 4.79 Å². The molecule has 0 bridgehead atoms. The maximum absolute atomic E-state index is 13.7. The summed E-state index contributed by atoms with van der Waals surface area (Å²) in [5, 5.41) is 2.51. The molecule has 1 N–H and O–H groups in total. The van der Waals surface area contributed by atoms with E-state index in [-0.39, 0.29) is 12.3 Å². The molecule has 2 aromatic carbocycles.